The third-order valence-corrected chi connectivity index (χ3v) is 6.35. The number of nitrogens with one attached hydrogen (secondary N) is 1. The Morgan fingerprint density at radius 2 is 1.92 bits per heavy atom. The number of pyridine rings is 2. The predicted molar refractivity (Wildman–Crippen MR) is 141 cm³/mol. The number of carbonyl (C=O) groups excluding carboxylic acids is 1. The van der Waals surface area contributed by atoms with Gasteiger partial charge in [0.25, 0.3) is 0 Å². The van der Waals surface area contributed by atoms with E-state index in [0.717, 1.165) is 39.8 Å². The van der Waals surface area contributed by atoms with Crippen molar-refractivity contribution in [2.24, 2.45) is 5.92 Å². The summed E-state index contributed by atoms with van der Waals surface area (Å²) in [7, 11) is 0. The van der Waals surface area contributed by atoms with E-state index in [4.69, 9.17) is 9.47 Å². The summed E-state index contributed by atoms with van der Waals surface area (Å²) >= 11 is 0. The van der Waals surface area contributed by atoms with Crippen molar-refractivity contribution < 1.29 is 14.3 Å². The number of rotatable bonds is 5. The molecule has 0 spiro atoms. The van der Waals surface area contributed by atoms with Crippen LogP contribution in [0, 0.1) is 5.92 Å². The summed E-state index contributed by atoms with van der Waals surface area (Å²) < 4.78 is 12.0. The van der Waals surface area contributed by atoms with E-state index in [1.165, 1.54) is 0 Å². The van der Waals surface area contributed by atoms with Crippen LogP contribution in [0.1, 0.15) is 34.1 Å². The second-order valence-electron chi connectivity index (χ2n) is 10.5. The van der Waals surface area contributed by atoms with Crippen molar-refractivity contribution in [1.82, 2.24) is 19.9 Å². The second kappa shape index (κ2) is 9.64. The number of amides is 1. The van der Waals surface area contributed by atoms with E-state index in [-0.39, 0.29) is 12.1 Å². The number of carbonyl (C=O) groups is 1. The quantitative estimate of drug-likeness (QED) is 0.359. The molecule has 1 saturated heterocycles. The van der Waals surface area contributed by atoms with Gasteiger partial charge in [-0.3, -0.25) is 9.97 Å². The van der Waals surface area contributed by atoms with Gasteiger partial charge in [-0.15, -0.1) is 0 Å². The highest BCUT2D eigenvalue weighted by Gasteiger charge is 2.36. The molecule has 3 aromatic heterocycles. The summed E-state index contributed by atoms with van der Waals surface area (Å²) in [5.74, 6) is 1.04. The molecule has 0 bridgehead atoms. The Morgan fingerprint density at radius 3 is 2.69 bits per heavy atom. The molecule has 1 aliphatic heterocycles. The molecule has 1 unspecified atom stereocenters. The Balaban J connectivity index is 1.46. The fourth-order valence-electron chi connectivity index (χ4n) is 4.85. The highest BCUT2D eigenvalue weighted by atomic mass is 16.6. The van der Waals surface area contributed by atoms with Crippen molar-refractivity contribution in [3.8, 4) is 28.1 Å². The van der Waals surface area contributed by atoms with E-state index in [1.54, 1.807) is 17.3 Å². The minimum absolute atomic E-state index is 0.0686. The zero-order valence-corrected chi connectivity index (χ0v) is 21.2. The average Bonchev–Trinajstić information content (AvgIpc) is 3.43. The fourth-order valence-corrected chi connectivity index (χ4v) is 4.85. The van der Waals surface area contributed by atoms with Crippen molar-refractivity contribution in [3.63, 3.8) is 0 Å². The number of aromatic nitrogens is 3. The Hall–Kier alpha value is -3.87. The van der Waals surface area contributed by atoms with Gasteiger partial charge in [-0.2, -0.15) is 0 Å². The molecule has 36 heavy (non-hydrogen) atoms. The molecule has 186 valence electrons. The van der Waals surface area contributed by atoms with Crippen LogP contribution in [-0.4, -0.2) is 50.7 Å². The number of nitrogens with zero attached hydrogens (tertiary/aromatic N) is 3. The van der Waals surface area contributed by atoms with Gasteiger partial charge < -0.3 is 19.4 Å². The summed E-state index contributed by atoms with van der Waals surface area (Å²) in [6.45, 7) is 8.83. The summed E-state index contributed by atoms with van der Waals surface area (Å²) in [6.07, 6.45) is 5.88. The van der Waals surface area contributed by atoms with Gasteiger partial charge in [-0.25, -0.2) is 4.79 Å². The van der Waals surface area contributed by atoms with Crippen LogP contribution in [0.3, 0.4) is 0 Å². The van der Waals surface area contributed by atoms with Crippen molar-refractivity contribution in [2.45, 2.75) is 45.8 Å². The van der Waals surface area contributed by atoms with Crippen LogP contribution in [0.25, 0.3) is 33.4 Å². The molecule has 1 fully saturated rings. The minimum Gasteiger partial charge on any atom is -0.489 e. The second-order valence-corrected chi connectivity index (χ2v) is 10.5. The number of benzene rings is 1. The average molecular weight is 485 g/mol. The van der Waals surface area contributed by atoms with Crippen LogP contribution in [-0.2, 0) is 4.74 Å². The number of likely N-dealkylation sites (tertiary alicyclic amines) is 1. The molecule has 2 atom stereocenters. The molecule has 0 aliphatic carbocycles. The molecule has 4 heterocycles. The largest absolute Gasteiger partial charge is 0.489 e. The number of aromatic amines is 1. The van der Waals surface area contributed by atoms with Gasteiger partial charge in [-0.05, 0) is 56.9 Å². The van der Waals surface area contributed by atoms with E-state index >= 15 is 0 Å². The zero-order valence-electron chi connectivity index (χ0n) is 21.2. The van der Waals surface area contributed by atoms with Gasteiger partial charge in [0.1, 0.15) is 18.0 Å². The van der Waals surface area contributed by atoms with Crippen LogP contribution in [0.5, 0.6) is 5.75 Å². The molecule has 5 rings (SSSR count). The first kappa shape index (κ1) is 23.9. The van der Waals surface area contributed by atoms with Gasteiger partial charge in [0, 0.05) is 30.1 Å². The number of hydrogen-bond donors (Lipinski definition) is 1. The number of fused-ring (bicyclic) bond motifs is 1. The minimum atomic E-state index is -0.539. The van der Waals surface area contributed by atoms with Crippen molar-refractivity contribution >= 4 is 17.1 Å². The van der Waals surface area contributed by atoms with Crippen molar-refractivity contribution in [1.29, 1.82) is 0 Å². The van der Waals surface area contributed by atoms with E-state index in [1.807, 2.05) is 63.4 Å². The van der Waals surface area contributed by atoms with E-state index in [9.17, 15) is 4.79 Å². The third-order valence-electron chi connectivity index (χ3n) is 6.35. The number of hydrogen-bond acceptors (Lipinski definition) is 5. The third kappa shape index (κ3) is 4.91. The molecular weight excluding hydrogens is 452 g/mol. The first-order chi connectivity index (χ1) is 17.3. The predicted octanol–water partition coefficient (Wildman–Crippen LogP) is 6.32. The molecule has 1 aromatic carbocycles. The summed E-state index contributed by atoms with van der Waals surface area (Å²) in [5, 5.41) is 0. The maximum atomic E-state index is 12.8. The van der Waals surface area contributed by atoms with Crippen LogP contribution in [0.2, 0.25) is 0 Å². The molecule has 0 saturated carbocycles. The van der Waals surface area contributed by atoms with Crippen LogP contribution >= 0.6 is 0 Å². The van der Waals surface area contributed by atoms with E-state index < -0.39 is 5.60 Å². The lowest BCUT2D eigenvalue weighted by Gasteiger charge is -2.28. The molecule has 7 heteroatoms. The SMILES string of the molecule is CC1C[C@@H](COc2cnccc2-c2[nH]c3cccnc3c2-c2ccccc2)N(C(=O)OC(C)(C)C)C1. The van der Waals surface area contributed by atoms with Gasteiger partial charge in [0.05, 0.1) is 29.0 Å². The Kier molecular flexibility index (Phi) is 6.39. The van der Waals surface area contributed by atoms with Gasteiger partial charge in [0.2, 0.25) is 0 Å². The zero-order chi connectivity index (χ0) is 25.3. The Bertz CT molecular complexity index is 1360. The molecule has 7 nitrogen and oxygen atoms in total. The van der Waals surface area contributed by atoms with Crippen molar-refractivity contribution in [3.05, 3.63) is 67.1 Å². The standard InChI is InChI=1S/C29H32N4O3/c1-19-15-21(33(17-19)28(34)36-29(2,3)4)18-35-24-16-30-14-12-22(24)26-25(20-9-6-5-7-10-20)27-23(32-26)11-8-13-31-27/h5-14,16,19,21,32H,15,17-18H2,1-4H3/t19?,21-/m0/s1. The van der Waals surface area contributed by atoms with Gasteiger partial charge in [0.15, 0.2) is 0 Å². The summed E-state index contributed by atoms with van der Waals surface area (Å²) in [5.41, 5.74) is 5.24. The molecule has 4 aromatic rings. The number of ether oxygens (including phenoxy) is 2. The van der Waals surface area contributed by atoms with Gasteiger partial charge in [-0.1, -0.05) is 37.3 Å². The van der Waals surface area contributed by atoms with Crippen LogP contribution in [0.4, 0.5) is 4.79 Å². The summed E-state index contributed by atoms with van der Waals surface area (Å²) in [6, 6.07) is 16.1. The van der Waals surface area contributed by atoms with Gasteiger partial charge >= 0.3 is 6.09 Å². The normalized spacial score (nSPS) is 17.9. The van der Waals surface area contributed by atoms with Crippen LogP contribution in [0.15, 0.2) is 67.1 Å². The lowest BCUT2D eigenvalue weighted by atomic mass is 10.0. The first-order valence-corrected chi connectivity index (χ1v) is 12.4. The van der Waals surface area contributed by atoms with E-state index in [0.29, 0.717) is 24.8 Å². The lowest BCUT2D eigenvalue weighted by Crippen LogP contribution is -2.42. The Morgan fingerprint density at radius 1 is 1.11 bits per heavy atom. The monoisotopic (exact) mass is 484 g/mol. The Labute approximate surface area is 211 Å². The number of H-pyrrole nitrogens is 1. The van der Waals surface area contributed by atoms with Crippen LogP contribution < -0.4 is 4.74 Å². The molecular formula is C29H32N4O3. The maximum Gasteiger partial charge on any atom is 0.410 e. The topological polar surface area (TPSA) is 80.3 Å². The molecule has 1 aliphatic rings. The smallest absolute Gasteiger partial charge is 0.410 e. The maximum absolute atomic E-state index is 12.8. The molecule has 1 amide bonds. The molecule has 1 N–H and O–H groups in total. The fraction of sp³-hybridized carbons (Fsp3) is 0.345. The summed E-state index contributed by atoms with van der Waals surface area (Å²) in [4.78, 5) is 27.2. The van der Waals surface area contributed by atoms with E-state index in [2.05, 4.69) is 34.0 Å². The lowest BCUT2D eigenvalue weighted by molar-refractivity contribution is 0.0184. The van der Waals surface area contributed by atoms with Crippen molar-refractivity contribution in [2.75, 3.05) is 13.2 Å². The highest BCUT2D eigenvalue weighted by molar-refractivity contribution is 6.02. The highest BCUT2D eigenvalue weighted by Crippen LogP contribution is 2.40. The molecule has 0 radical (unpaired) electrons. The first-order valence-electron chi connectivity index (χ1n) is 12.4.